The molecule has 2 aromatic rings. The van der Waals surface area contributed by atoms with Crippen LogP contribution in [0.1, 0.15) is 10.4 Å². The second kappa shape index (κ2) is 5.51. The zero-order chi connectivity index (χ0) is 14.0. The maximum Gasteiger partial charge on any atom is 0.168 e. The Hall–Kier alpha value is -1.71. The Morgan fingerprint density at radius 1 is 1.21 bits per heavy atom. The van der Waals surface area contributed by atoms with Gasteiger partial charge in [-0.3, -0.25) is 4.79 Å². The fourth-order valence-corrected chi connectivity index (χ4v) is 2.15. The quantitative estimate of drug-likeness (QED) is 0.864. The third-order valence-electron chi connectivity index (χ3n) is 2.69. The van der Waals surface area contributed by atoms with Crippen molar-refractivity contribution in [3.63, 3.8) is 0 Å². The summed E-state index contributed by atoms with van der Waals surface area (Å²) in [5, 5.41) is 10.8. The summed E-state index contributed by atoms with van der Waals surface area (Å²) in [5.74, 6) is 0.00930. The lowest BCUT2D eigenvalue weighted by Gasteiger charge is -2.10. The molecule has 0 aliphatic heterocycles. The second-order valence-corrected chi connectivity index (χ2v) is 4.70. The third kappa shape index (κ3) is 2.67. The molecule has 2 aromatic carbocycles. The number of ether oxygens (including phenoxy) is 1. The summed E-state index contributed by atoms with van der Waals surface area (Å²) < 4.78 is 5.03. The van der Waals surface area contributed by atoms with Crippen molar-refractivity contribution in [1.29, 1.82) is 0 Å². The van der Waals surface area contributed by atoms with Gasteiger partial charge in [-0.1, -0.05) is 23.2 Å². The molecule has 0 spiro atoms. The number of benzene rings is 2. The molecule has 98 valence electrons. The van der Waals surface area contributed by atoms with Crippen LogP contribution < -0.4 is 4.74 Å². The van der Waals surface area contributed by atoms with Crippen molar-refractivity contribution in [2.24, 2.45) is 0 Å². The Bertz CT molecular complexity index is 639. The number of phenols is 1. The Morgan fingerprint density at radius 3 is 2.58 bits per heavy atom. The van der Waals surface area contributed by atoms with Crippen molar-refractivity contribution in [1.82, 2.24) is 0 Å². The van der Waals surface area contributed by atoms with E-state index in [4.69, 9.17) is 27.9 Å². The molecular formula is C14H10Cl2O3. The van der Waals surface area contributed by atoms with Gasteiger partial charge in [0.25, 0.3) is 0 Å². The maximum atomic E-state index is 11.0. The standard InChI is InChI=1S/C14H10Cl2O3/c1-19-13-5-8(4-9(7-17)14(13)18)11-6-10(15)2-3-12(11)16/h2-7,18H,1H3. The molecule has 0 bridgehead atoms. The van der Waals surface area contributed by atoms with Crippen LogP contribution in [0, 0.1) is 0 Å². The Balaban J connectivity index is 2.68. The van der Waals surface area contributed by atoms with E-state index in [1.807, 2.05) is 0 Å². The lowest BCUT2D eigenvalue weighted by atomic mass is 10.0. The molecule has 0 heterocycles. The van der Waals surface area contributed by atoms with Gasteiger partial charge >= 0.3 is 0 Å². The highest BCUT2D eigenvalue weighted by Gasteiger charge is 2.13. The Morgan fingerprint density at radius 2 is 1.95 bits per heavy atom. The summed E-state index contributed by atoms with van der Waals surface area (Å²) in [6.45, 7) is 0. The molecule has 5 heteroatoms. The van der Waals surface area contributed by atoms with Gasteiger partial charge in [0.1, 0.15) is 0 Å². The molecule has 0 amide bonds. The molecule has 0 radical (unpaired) electrons. The molecule has 0 fully saturated rings. The number of rotatable bonds is 3. The number of methoxy groups -OCH3 is 1. The lowest BCUT2D eigenvalue weighted by Crippen LogP contribution is -1.91. The van der Waals surface area contributed by atoms with Crippen molar-refractivity contribution in [2.75, 3.05) is 7.11 Å². The Labute approximate surface area is 120 Å². The van der Waals surface area contributed by atoms with Crippen LogP contribution in [0.3, 0.4) is 0 Å². The summed E-state index contributed by atoms with van der Waals surface area (Å²) in [6.07, 6.45) is 0.555. The van der Waals surface area contributed by atoms with Gasteiger partial charge in [0, 0.05) is 15.6 Å². The first-order valence-corrected chi connectivity index (χ1v) is 6.14. The first kappa shape index (κ1) is 13.7. The number of hydrogen-bond donors (Lipinski definition) is 1. The van der Waals surface area contributed by atoms with Crippen LogP contribution in [0.5, 0.6) is 11.5 Å². The van der Waals surface area contributed by atoms with Crippen LogP contribution in [-0.2, 0) is 0 Å². The molecule has 0 unspecified atom stereocenters. The van der Waals surface area contributed by atoms with Crippen molar-refractivity contribution in [3.05, 3.63) is 45.9 Å². The maximum absolute atomic E-state index is 11.0. The summed E-state index contributed by atoms with van der Waals surface area (Å²) in [6, 6.07) is 8.15. The molecule has 0 saturated carbocycles. The molecule has 0 aromatic heterocycles. The van der Waals surface area contributed by atoms with E-state index in [0.29, 0.717) is 27.5 Å². The number of phenolic OH excluding ortho intramolecular Hbond substituents is 1. The van der Waals surface area contributed by atoms with Crippen LogP contribution in [0.4, 0.5) is 0 Å². The minimum absolute atomic E-state index is 0.130. The average Bonchev–Trinajstić information content (AvgIpc) is 2.42. The highest BCUT2D eigenvalue weighted by atomic mass is 35.5. The zero-order valence-corrected chi connectivity index (χ0v) is 11.5. The third-order valence-corrected chi connectivity index (χ3v) is 3.26. The number of carbonyl (C=O) groups is 1. The highest BCUT2D eigenvalue weighted by molar-refractivity contribution is 6.35. The van der Waals surface area contributed by atoms with E-state index in [2.05, 4.69) is 0 Å². The summed E-state index contributed by atoms with van der Waals surface area (Å²) in [4.78, 5) is 11.0. The molecule has 1 N–H and O–H groups in total. The molecule has 0 atom stereocenters. The van der Waals surface area contributed by atoms with E-state index in [-0.39, 0.29) is 17.1 Å². The van der Waals surface area contributed by atoms with E-state index in [9.17, 15) is 9.90 Å². The van der Waals surface area contributed by atoms with Gasteiger partial charge in [-0.25, -0.2) is 0 Å². The highest BCUT2D eigenvalue weighted by Crippen LogP contribution is 2.37. The van der Waals surface area contributed by atoms with Crippen LogP contribution in [0.25, 0.3) is 11.1 Å². The average molecular weight is 297 g/mol. The van der Waals surface area contributed by atoms with E-state index in [1.165, 1.54) is 13.2 Å². The largest absolute Gasteiger partial charge is 0.504 e. The van der Waals surface area contributed by atoms with Gasteiger partial charge in [0.15, 0.2) is 17.8 Å². The van der Waals surface area contributed by atoms with Gasteiger partial charge < -0.3 is 9.84 Å². The molecule has 19 heavy (non-hydrogen) atoms. The fourth-order valence-electron chi connectivity index (χ4n) is 1.75. The second-order valence-electron chi connectivity index (χ2n) is 3.86. The predicted molar refractivity (Wildman–Crippen MR) is 75.5 cm³/mol. The first-order valence-electron chi connectivity index (χ1n) is 5.38. The van der Waals surface area contributed by atoms with Crippen LogP contribution in [-0.4, -0.2) is 18.5 Å². The van der Waals surface area contributed by atoms with Crippen molar-refractivity contribution >= 4 is 29.5 Å². The minimum Gasteiger partial charge on any atom is -0.504 e. The molecule has 3 nitrogen and oxygen atoms in total. The van der Waals surface area contributed by atoms with Crippen molar-refractivity contribution in [3.8, 4) is 22.6 Å². The van der Waals surface area contributed by atoms with Gasteiger partial charge in [-0.15, -0.1) is 0 Å². The number of hydrogen-bond acceptors (Lipinski definition) is 3. The molecular weight excluding hydrogens is 287 g/mol. The molecule has 0 aliphatic carbocycles. The minimum atomic E-state index is -0.195. The number of aldehydes is 1. The lowest BCUT2D eigenvalue weighted by molar-refractivity contribution is 0.112. The van der Waals surface area contributed by atoms with E-state index >= 15 is 0 Å². The smallest absolute Gasteiger partial charge is 0.168 e. The number of aromatic hydroxyl groups is 1. The van der Waals surface area contributed by atoms with Gasteiger partial charge in [0.05, 0.1) is 12.7 Å². The van der Waals surface area contributed by atoms with E-state index in [1.54, 1.807) is 24.3 Å². The van der Waals surface area contributed by atoms with Crippen LogP contribution in [0.2, 0.25) is 10.0 Å². The zero-order valence-electron chi connectivity index (χ0n) is 9.98. The van der Waals surface area contributed by atoms with E-state index in [0.717, 1.165) is 0 Å². The number of carbonyl (C=O) groups excluding carboxylic acids is 1. The predicted octanol–water partition coefficient (Wildman–Crippen LogP) is 4.19. The molecule has 2 rings (SSSR count). The molecule has 0 aliphatic rings. The summed E-state index contributed by atoms with van der Waals surface area (Å²) >= 11 is 12.0. The van der Waals surface area contributed by atoms with Crippen LogP contribution in [0.15, 0.2) is 30.3 Å². The fraction of sp³-hybridized carbons (Fsp3) is 0.0714. The topological polar surface area (TPSA) is 46.5 Å². The first-order chi connectivity index (χ1) is 9.06. The van der Waals surface area contributed by atoms with Crippen molar-refractivity contribution in [2.45, 2.75) is 0 Å². The molecule has 0 saturated heterocycles. The Kier molecular flexibility index (Phi) is 3.98. The number of halogens is 2. The normalized spacial score (nSPS) is 10.3. The van der Waals surface area contributed by atoms with E-state index < -0.39 is 0 Å². The van der Waals surface area contributed by atoms with Gasteiger partial charge in [-0.05, 0) is 35.9 Å². The van der Waals surface area contributed by atoms with Crippen molar-refractivity contribution < 1.29 is 14.6 Å². The van der Waals surface area contributed by atoms with Gasteiger partial charge in [0.2, 0.25) is 0 Å². The summed E-state index contributed by atoms with van der Waals surface area (Å²) in [7, 11) is 1.41. The monoisotopic (exact) mass is 296 g/mol. The van der Waals surface area contributed by atoms with Gasteiger partial charge in [-0.2, -0.15) is 0 Å². The summed E-state index contributed by atoms with van der Waals surface area (Å²) in [5.41, 5.74) is 1.44. The van der Waals surface area contributed by atoms with Crippen LogP contribution >= 0.6 is 23.2 Å². The SMILES string of the molecule is COc1cc(-c2cc(Cl)ccc2Cl)cc(C=O)c1O.